The quantitative estimate of drug-likeness (QED) is 0.524. The number of nitrogens with zero attached hydrogens (tertiary/aromatic N) is 3. The second-order valence-electron chi connectivity index (χ2n) is 4.81. The van der Waals surface area contributed by atoms with Gasteiger partial charge in [-0.2, -0.15) is 0 Å². The van der Waals surface area contributed by atoms with Crippen molar-refractivity contribution in [3.05, 3.63) is 0 Å². The van der Waals surface area contributed by atoms with Crippen molar-refractivity contribution in [1.29, 1.82) is 0 Å². The SMILES string of the molecule is CCC(=O)N(C)NC(=O)[C@@H]1CC[C@@H]2CN1C(=O)N2O. The number of fused-ring (bicyclic) bond motifs is 2. The van der Waals surface area contributed by atoms with Crippen LogP contribution >= 0.6 is 0 Å². The van der Waals surface area contributed by atoms with E-state index in [9.17, 15) is 19.6 Å². The first-order chi connectivity index (χ1) is 8.95. The van der Waals surface area contributed by atoms with E-state index in [-0.39, 0.29) is 18.4 Å². The minimum Gasteiger partial charge on any atom is -0.309 e. The number of hydrogen-bond donors (Lipinski definition) is 2. The van der Waals surface area contributed by atoms with Crippen LogP contribution < -0.4 is 5.43 Å². The van der Waals surface area contributed by atoms with Crippen molar-refractivity contribution < 1.29 is 19.6 Å². The Hall–Kier alpha value is -1.83. The molecule has 2 saturated heterocycles. The largest absolute Gasteiger partial charge is 0.344 e. The van der Waals surface area contributed by atoms with Crippen LogP contribution in [0.1, 0.15) is 26.2 Å². The minimum absolute atomic E-state index is 0.210. The molecule has 0 saturated carbocycles. The summed E-state index contributed by atoms with van der Waals surface area (Å²) in [5.41, 5.74) is 2.47. The minimum atomic E-state index is -0.631. The molecule has 2 aliphatic rings. The van der Waals surface area contributed by atoms with E-state index in [4.69, 9.17) is 0 Å². The summed E-state index contributed by atoms with van der Waals surface area (Å²) in [6, 6.07) is -1.41. The first-order valence-corrected chi connectivity index (χ1v) is 6.31. The van der Waals surface area contributed by atoms with Gasteiger partial charge in [-0.05, 0) is 12.8 Å². The maximum absolute atomic E-state index is 12.1. The van der Waals surface area contributed by atoms with E-state index in [1.54, 1.807) is 6.92 Å². The number of rotatable bonds is 2. The third-order valence-corrected chi connectivity index (χ3v) is 3.60. The van der Waals surface area contributed by atoms with Crippen LogP contribution in [0.2, 0.25) is 0 Å². The van der Waals surface area contributed by atoms with Crippen LogP contribution in [0.4, 0.5) is 4.79 Å². The lowest BCUT2D eigenvalue weighted by Gasteiger charge is -2.30. The van der Waals surface area contributed by atoms with Crippen LogP contribution in [0, 0.1) is 0 Å². The van der Waals surface area contributed by atoms with Crippen LogP contribution in [0.5, 0.6) is 0 Å². The number of hydrogen-bond acceptors (Lipinski definition) is 4. The highest BCUT2D eigenvalue weighted by atomic mass is 16.5. The molecular formula is C11H18N4O4. The smallest absolute Gasteiger partial charge is 0.309 e. The summed E-state index contributed by atoms with van der Waals surface area (Å²) in [5, 5.41) is 11.3. The van der Waals surface area contributed by atoms with Crippen molar-refractivity contribution in [1.82, 2.24) is 20.4 Å². The van der Waals surface area contributed by atoms with Gasteiger partial charge in [-0.3, -0.25) is 25.2 Å². The Balaban J connectivity index is 2.00. The van der Waals surface area contributed by atoms with Crippen molar-refractivity contribution in [2.75, 3.05) is 13.6 Å². The second kappa shape index (κ2) is 5.04. The van der Waals surface area contributed by atoms with Gasteiger partial charge < -0.3 is 4.90 Å². The van der Waals surface area contributed by atoms with Gasteiger partial charge in [0, 0.05) is 20.0 Å². The first-order valence-electron chi connectivity index (χ1n) is 6.31. The average Bonchev–Trinajstić information content (AvgIpc) is 2.63. The van der Waals surface area contributed by atoms with E-state index in [1.165, 1.54) is 11.9 Å². The Labute approximate surface area is 110 Å². The summed E-state index contributed by atoms with van der Waals surface area (Å²) < 4.78 is 0. The normalized spacial score (nSPS) is 25.5. The molecule has 2 atom stereocenters. The molecule has 2 heterocycles. The summed E-state index contributed by atoms with van der Waals surface area (Å²) in [6.07, 6.45) is 1.34. The Bertz CT molecular complexity index is 413. The molecule has 2 fully saturated rings. The van der Waals surface area contributed by atoms with E-state index >= 15 is 0 Å². The van der Waals surface area contributed by atoms with Crippen LogP contribution in [-0.4, -0.2) is 63.7 Å². The van der Waals surface area contributed by atoms with E-state index < -0.39 is 18.0 Å². The van der Waals surface area contributed by atoms with E-state index in [0.29, 0.717) is 24.4 Å². The van der Waals surface area contributed by atoms with Gasteiger partial charge in [0.1, 0.15) is 6.04 Å². The summed E-state index contributed by atoms with van der Waals surface area (Å²) in [5.74, 6) is -0.607. The van der Waals surface area contributed by atoms with Gasteiger partial charge in [-0.25, -0.2) is 9.86 Å². The lowest BCUT2D eigenvalue weighted by molar-refractivity contribution is -0.141. The highest BCUT2D eigenvalue weighted by Gasteiger charge is 2.46. The number of piperidine rings is 1. The molecule has 4 amide bonds. The van der Waals surface area contributed by atoms with Crippen molar-refractivity contribution in [3.63, 3.8) is 0 Å². The number of hydroxylamine groups is 2. The monoisotopic (exact) mass is 270 g/mol. The van der Waals surface area contributed by atoms with Gasteiger partial charge in [0.05, 0.1) is 6.04 Å². The zero-order chi connectivity index (χ0) is 14.2. The fourth-order valence-electron chi connectivity index (χ4n) is 2.46. The predicted octanol–water partition coefficient (Wildman–Crippen LogP) is -0.456. The molecule has 2 aliphatic heterocycles. The molecule has 106 valence electrons. The number of amides is 4. The molecule has 0 radical (unpaired) electrons. The summed E-state index contributed by atoms with van der Waals surface area (Å²) >= 11 is 0. The molecule has 2 N–H and O–H groups in total. The van der Waals surface area contributed by atoms with Crippen LogP contribution in [-0.2, 0) is 9.59 Å². The molecule has 0 aliphatic carbocycles. The number of nitrogens with one attached hydrogen (secondary N) is 1. The van der Waals surface area contributed by atoms with Gasteiger partial charge in [0.2, 0.25) is 5.91 Å². The second-order valence-corrected chi connectivity index (χ2v) is 4.81. The lowest BCUT2D eigenvalue weighted by Crippen LogP contribution is -2.54. The molecule has 2 rings (SSSR count). The van der Waals surface area contributed by atoms with E-state index in [1.807, 2.05) is 0 Å². The fourth-order valence-corrected chi connectivity index (χ4v) is 2.46. The van der Waals surface area contributed by atoms with Gasteiger partial charge in [0.25, 0.3) is 5.91 Å². The van der Waals surface area contributed by atoms with Crippen LogP contribution in [0.25, 0.3) is 0 Å². The molecule has 8 heteroatoms. The zero-order valence-electron chi connectivity index (χ0n) is 11.0. The molecule has 19 heavy (non-hydrogen) atoms. The number of hydrazine groups is 1. The molecule has 8 nitrogen and oxygen atoms in total. The third kappa shape index (κ3) is 2.35. The van der Waals surface area contributed by atoms with Crippen molar-refractivity contribution in [3.8, 4) is 0 Å². The van der Waals surface area contributed by atoms with E-state index in [0.717, 1.165) is 5.01 Å². The molecule has 2 bridgehead atoms. The summed E-state index contributed by atoms with van der Waals surface area (Å²) in [7, 11) is 1.47. The van der Waals surface area contributed by atoms with Crippen molar-refractivity contribution in [2.24, 2.45) is 0 Å². The lowest BCUT2D eigenvalue weighted by atomic mass is 10.0. The zero-order valence-corrected chi connectivity index (χ0v) is 11.0. The fraction of sp³-hybridized carbons (Fsp3) is 0.727. The summed E-state index contributed by atoms with van der Waals surface area (Å²) in [6.45, 7) is 2.04. The topological polar surface area (TPSA) is 93.2 Å². The Kier molecular flexibility index (Phi) is 3.61. The third-order valence-electron chi connectivity index (χ3n) is 3.60. The van der Waals surface area contributed by atoms with Gasteiger partial charge in [-0.1, -0.05) is 6.92 Å². The molecule has 0 aromatic heterocycles. The number of carbonyl (C=O) groups is 3. The maximum Gasteiger partial charge on any atom is 0.344 e. The molecular weight excluding hydrogens is 252 g/mol. The number of carbonyl (C=O) groups excluding carboxylic acids is 3. The molecule has 0 spiro atoms. The highest BCUT2D eigenvalue weighted by Crippen LogP contribution is 2.28. The molecule has 0 aromatic carbocycles. The standard InChI is InChI=1S/C11H18N4O4/c1-3-9(16)13(2)12-10(17)8-5-4-7-6-14(8)11(18)15(7)19/h7-8,19H,3-6H2,1-2H3,(H,12,17)/t7-,8+/m1/s1. The Morgan fingerprint density at radius 3 is 2.79 bits per heavy atom. The van der Waals surface area contributed by atoms with Gasteiger partial charge in [0.15, 0.2) is 0 Å². The Morgan fingerprint density at radius 1 is 1.47 bits per heavy atom. The summed E-state index contributed by atoms with van der Waals surface area (Å²) in [4.78, 5) is 36.5. The van der Waals surface area contributed by atoms with Crippen LogP contribution in [0.15, 0.2) is 0 Å². The van der Waals surface area contributed by atoms with Crippen LogP contribution in [0.3, 0.4) is 0 Å². The predicted molar refractivity (Wildman–Crippen MR) is 63.7 cm³/mol. The highest BCUT2D eigenvalue weighted by molar-refractivity contribution is 5.89. The van der Waals surface area contributed by atoms with Crippen molar-refractivity contribution in [2.45, 2.75) is 38.3 Å². The first kappa shape index (κ1) is 13.6. The maximum atomic E-state index is 12.1. The van der Waals surface area contributed by atoms with Crippen molar-refractivity contribution >= 4 is 17.8 Å². The van der Waals surface area contributed by atoms with E-state index in [2.05, 4.69) is 5.43 Å². The molecule has 0 aromatic rings. The molecule has 0 unspecified atom stereocenters. The average molecular weight is 270 g/mol. The van der Waals surface area contributed by atoms with Gasteiger partial charge in [-0.15, -0.1) is 0 Å². The Morgan fingerprint density at radius 2 is 2.16 bits per heavy atom. The van der Waals surface area contributed by atoms with Gasteiger partial charge >= 0.3 is 6.03 Å². The number of urea groups is 1.